The van der Waals surface area contributed by atoms with Gasteiger partial charge in [-0.3, -0.25) is 9.59 Å². The summed E-state index contributed by atoms with van der Waals surface area (Å²) in [7, 11) is 1.47. The first-order chi connectivity index (χ1) is 15.9. The Morgan fingerprint density at radius 1 is 0.939 bits per heavy atom. The summed E-state index contributed by atoms with van der Waals surface area (Å²) in [4.78, 5) is 25.2. The van der Waals surface area contributed by atoms with Crippen LogP contribution in [0.5, 0.6) is 5.75 Å². The Balaban J connectivity index is 1.50. The molecule has 0 aliphatic carbocycles. The lowest BCUT2D eigenvalue weighted by Crippen LogP contribution is -2.15. The fraction of sp³-hybridized carbons (Fsp3) is 0.0800. The molecule has 0 saturated heterocycles. The number of benzene rings is 3. The Morgan fingerprint density at radius 3 is 2.36 bits per heavy atom. The minimum absolute atomic E-state index is 0.166. The van der Waals surface area contributed by atoms with Crippen molar-refractivity contribution in [2.24, 2.45) is 0 Å². The van der Waals surface area contributed by atoms with Crippen LogP contribution in [0.2, 0.25) is 0 Å². The number of carbonyl (C=O) groups excluding carboxylic acids is 2. The zero-order chi connectivity index (χ0) is 23.4. The number of aryl methyl sites for hydroxylation is 1. The molecule has 2 amide bonds. The number of methoxy groups -OCH3 is 1. The highest BCUT2D eigenvalue weighted by Gasteiger charge is 2.13. The SMILES string of the molecule is COc1ccc(NC(=O)c2ccc(-n3cc(C)cn3)cc2)cc1NC(=O)c1cccc(F)c1. The lowest BCUT2D eigenvalue weighted by atomic mass is 10.1. The number of nitrogens with zero attached hydrogens (tertiary/aromatic N) is 2. The van der Waals surface area contributed by atoms with Gasteiger partial charge in [-0.05, 0) is 73.2 Å². The standard InChI is InChI=1S/C25H21FN4O3/c1-16-14-27-30(15-16)21-9-6-17(7-10-21)24(31)28-20-8-11-23(33-2)22(13-20)29-25(32)18-4-3-5-19(26)12-18/h3-15H,1-2H3,(H,28,31)(H,29,32). The number of anilines is 2. The Labute approximate surface area is 189 Å². The maximum atomic E-state index is 13.4. The van der Waals surface area contributed by atoms with Crippen LogP contribution < -0.4 is 15.4 Å². The van der Waals surface area contributed by atoms with Gasteiger partial charge in [0.05, 0.1) is 24.7 Å². The Kier molecular flexibility index (Phi) is 6.17. The summed E-state index contributed by atoms with van der Waals surface area (Å²) in [6.07, 6.45) is 3.65. The number of hydrogen-bond acceptors (Lipinski definition) is 4. The van der Waals surface area contributed by atoms with Crippen LogP contribution >= 0.6 is 0 Å². The first-order valence-corrected chi connectivity index (χ1v) is 10.1. The summed E-state index contributed by atoms with van der Waals surface area (Å²) >= 11 is 0. The van der Waals surface area contributed by atoms with Crippen LogP contribution in [0.25, 0.3) is 5.69 Å². The quantitative estimate of drug-likeness (QED) is 0.446. The number of carbonyl (C=O) groups is 2. The van der Waals surface area contributed by atoms with Crippen molar-refractivity contribution in [1.29, 1.82) is 0 Å². The highest BCUT2D eigenvalue weighted by Crippen LogP contribution is 2.28. The third-order valence-electron chi connectivity index (χ3n) is 4.90. The van der Waals surface area contributed by atoms with E-state index in [0.29, 0.717) is 22.7 Å². The van der Waals surface area contributed by atoms with Gasteiger partial charge in [-0.1, -0.05) is 6.07 Å². The van der Waals surface area contributed by atoms with Gasteiger partial charge in [-0.2, -0.15) is 5.10 Å². The average Bonchev–Trinajstić information content (AvgIpc) is 3.25. The van der Waals surface area contributed by atoms with Crippen LogP contribution in [-0.4, -0.2) is 28.7 Å². The molecule has 0 fully saturated rings. The number of halogens is 1. The van der Waals surface area contributed by atoms with Crippen molar-refractivity contribution in [1.82, 2.24) is 9.78 Å². The zero-order valence-corrected chi connectivity index (χ0v) is 18.0. The molecule has 1 heterocycles. The predicted molar refractivity (Wildman–Crippen MR) is 124 cm³/mol. The van der Waals surface area contributed by atoms with E-state index >= 15 is 0 Å². The number of aromatic nitrogens is 2. The Morgan fingerprint density at radius 2 is 1.70 bits per heavy atom. The van der Waals surface area contributed by atoms with Crippen LogP contribution in [0.3, 0.4) is 0 Å². The molecule has 0 atom stereocenters. The van der Waals surface area contributed by atoms with Crippen LogP contribution in [0, 0.1) is 12.7 Å². The van der Waals surface area contributed by atoms with Crippen molar-refractivity contribution in [3.05, 3.63) is 102 Å². The molecule has 3 aromatic carbocycles. The van der Waals surface area contributed by atoms with E-state index in [0.717, 1.165) is 17.3 Å². The van der Waals surface area contributed by atoms with Crippen molar-refractivity contribution in [2.75, 3.05) is 17.7 Å². The zero-order valence-electron chi connectivity index (χ0n) is 18.0. The summed E-state index contributed by atoms with van der Waals surface area (Å²) in [5.41, 5.74) is 3.31. The maximum absolute atomic E-state index is 13.4. The summed E-state index contributed by atoms with van der Waals surface area (Å²) < 4.78 is 20.5. The third kappa shape index (κ3) is 5.07. The average molecular weight is 444 g/mol. The molecule has 166 valence electrons. The summed E-state index contributed by atoms with van der Waals surface area (Å²) in [5.74, 6) is -0.924. The van der Waals surface area contributed by atoms with Gasteiger partial charge in [-0.15, -0.1) is 0 Å². The molecule has 7 nitrogen and oxygen atoms in total. The van der Waals surface area contributed by atoms with Gasteiger partial charge >= 0.3 is 0 Å². The molecular formula is C25H21FN4O3. The number of rotatable bonds is 6. The number of nitrogens with one attached hydrogen (secondary N) is 2. The molecule has 0 aliphatic heterocycles. The monoisotopic (exact) mass is 444 g/mol. The van der Waals surface area contributed by atoms with Gasteiger partial charge in [0.15, 0.2) is 0 Å². The smallest absolute Gasteiger partial charge is 0.255 e. The van der Waals surface area contributed by atoms with Gasteiger partial charge < -0.3 is 15.4 Å². The van der Waals surface area contributed by atoms with E-state index in [2.05, 4.69) is 15.7 Å². The number of amides is 2. The van der Waals surface area contributed by atoms with Crippen LogP contribution in [0.15, 0.2) is 79.1 Å². The highest BCUT2D eigenvalue weighted by molar-refractivity contribution is 6.07. The van der Waals surface area contributed by atoms with Gasteiger partial charge in [0.1, 0.15) is 11.6 Å². The minimum Gasteiger partial charge on any atom is -0.495 e. The lowest BCUT2D eigenvalue weighted by molar-refractivity contribution is 0.101. The van der Waals surface area contributed by atoms with Crippen LogP contribution in [-0.2, 0) is 0 Å². The molecule has 0 saturated carbocycles. The number of hydrogen-bond donors (Lipinski definition) is 2. The predicted octanol–water partition coefficient (Wildman–Crippen LogP) is 4.83. The fourth-order valence-electron chi connectivity index (χ4n) is 3.23. The first kappa shape index (κ1) is 21.8. The van der Waals surface area contributed by atoms with Gasteiger partial charge in [0.25, 0.3) is 11.8 Å². The van der Waals surface area contributed by atoms with Crippen LogP contribution in [0.1, 0.15) is 26.3 Å². The molecule has 4 aromatic rings. The summed E-state index contributed by atoms with van der Waals surface area (Å²) in [5, 5.41) is 9.76. The normalized spacial score (nSPS) is 10.5. The second-order valence-electron chi connectivity index (χ2n) is 7.34. The fourth-order valence-corrected chi connectivity index (χ4v) is 3.23. The number of ether oxygens (including phenoxy) is 1. The van der Waals surface area contributed by atoms with E-state index in [1.807, 2.05) is 13.1 Å². The maximum Gasteiger partial charge on any atom is 0.255 e. The van der Waals surface area contributed by atoms with Gasteiger partial charge in [0.2, 0.25) is 0 Å². The van der Waals surface area contributed by atoms with Crippen molar-refractivity contribution in [3.8, 4) is 11.4 Å². The molecule has 33 heavy (non-hydrogen) atoms. The molecule has 4 rings (SSSR count). The Bertz CT molecular complexity index is 1320. The van der Waals surface area contributed by atoms with Crippen molar-refractivity contribution in [3.63, 3.8) is 0 Å². The van der Waals surface area contributed by atoms with E-state index < -0.39 is 11.7 Å². The first-order valence-electron chi connectivity index (χ1n) is 10.1. The second kappa shape index (κ2) is 9.35. The largest absolute Gasteiger partial charge is 0.495 e. The van der Waals surface area contributed by atoms with E-state index in [9.17, 15) is 14.0 Å². The van der Waals surface area contributed by atoms with Crippen molar-refractivity contribution in [2.45, 2.75) is 6.92 Å². The van der Waals surface area contributed by atoms with E-state index in [1.165, 1.54) is 25.3 Å². The Hall–Kier alpha value is -4.46. The molecular weight excluding hydrogens is 423 g/mol. The van der Waals surface area contributed by atoms with Crippen molar-refractivity contribution >= 4 is 23.2 Å². The van der Waals surface area contributed by atoms with Crippen LogP contribution in [0.4, 0.5) is 15.8 Å². The van der Waals surface area contributed by atoms with Gasteiger partial charge in [-0.25, -0.2) is 9.07 Å². The van der Waals surface area contributed by atoms with E-state index in [4.69, 9.17) is 4.74 Å². The molecule has 1 aromatic heterocycles. The summed E-state index contributed by atoms with van der Waals surface area (Å²) in [6, 6.07) is 17.2. The lowest BCUT2D eigenvalue weighted by Gasteiger charge is -2.13. The van der Waals surface area contributed by atoms with E-state index in [1.54, 1.807) is 53.3 Å². The molecule has 0 bridgehead atoms. The summed E-state index contributed by atoms with van der Waals surface area (Å²) in [6.45, 7) is 1.95. The van der Waals surface area contributed by atoms with Crippen molar-refractivity contribution < 1.29 is 18.7 Å². The highest BCUT2D eigenvalue weighted by atomic mass is 19.1. The topological polar surface area (TPSA) is 85.2 Å². The van der Waals surface area contributed by atoms with Gasteiger partial charge in [0, 0.05) is 23.0 Å². The second-order valence-corrected chi connectivity index (χ2v) is 7.34. The molecule has 0 unspecified atom stereocenters. The molecule has 0 radical (unpaired) electrons. The molecule has 2 N–H and O–H groups in total. The molecule has 0 aliphatic rings. The third-order valence-corrected chi connectivity index (χ3v) is 4.90. The molecule has 0 spiro atoms. The van der Waals surface area contributed by atoms with E-state index in [-0.39, 0.29) is 11.5 Å². The minimum atomic E-state index is -0.510. The molecule has 8 heteroatoms.